The molecule has 1 atom stereocenters. The van der Waals surface area contributed by atoms with E-state index in [1.54, 1.807) is 30.3 Å². The van der Waals surface area contributed by atoms with Crippen molar-refractivity contribution >= 4 is 22.0 Å². The Morgan fingerprint density at radius 2 is 1.71 bits per heavy atom. The van der Waals surface area contributed by atoms with Crippen molar-refractivity contribution in [2.75, 3.05) is 0 Å². The monoisotopic (exact) mass is 352 g/mol. The molecule has 2 aromatic rings. The number of halogens is 3. The average Bonchev–Trinajstić information content (AvgIpc) is 2.66. The zero-order valence-corrected chi connectivity index (χ0v) is 12.3. The molecule has 0 aromatic heterocycles. The van der Waals surface area contributed by atoms with E-state index in [1.807, 2.05) is 6.07 Å². The van der Waals surface area contributed by atoms with Crippen LogP contribution in [0.15, 0.2) is 59.1 Å². The van der Waals surface area contributed by atoms with Crippen molar-refractivity contribution in [2.45, 2.75) is 11.7 Å². The van der Waals surface area contributed by atoms with Crippen LogP contribution in [0.5, 0.6) is 5.75 Å². The summed E-state index contributed by atoms with van der Waals surface area (Å²) >= 11 is 3.33. The number of hydrogen-bond acceptors (Lipinski definition) is 2. The fourth-order valence-electron chi connectivity index (χ4n) is 2.25. The number of alkyl halides is 2. The Labute approximate surface area is 128 Å². The molecule has 0 saturated carbocycles. The van der Waals surface area contributed by atoms with E-state index < -0.39 is 11.7 Å². The van der Waals surface area contributed by atoms with Crippen LogP contribution in [0.1, 0.15) is 11.1 Å². The van der Waals surface area contributed by atoms with Crippen LogP contribution >= 0.6 is 15.9 Å². The molecule has 0 aliphatic carbocycles. The smallest absolute Gasteiger partial charge is 0.429 e. The molecule has 108 valence electrons. The lowest BCUT2D eigenvalue weighted by atomic mass is 9.93. The Morgan fingerprint density at radius 3 is 2.48 bits per heavy atom. The number of benzene rings is 2. The van der Waals surface area contributed by atoms with Crippen LogP contribution in [0.25, 0.3) is 6.08 Å². The van der Waals surface area contributed by atoms with Gasteiger partial charge in [0.15, 0.2) is 0 Å². The van der Waals surface area contributed by atoms with E-state index in [0.29, 0.717) is 5.56 Å². The minimum absolute atomic E-state index is 0.0122. The van der Waals surface area contributed by atoms with Crippen molar-refractivity contribution in [3.05, 3.63) is 70.2 Å². The molecule has 2 aromatic carbocycles. The first-order valence-electron chi connectivity index (χ1n) is 6.26. The van der Waals surface area contributed by atoms with Crippen molar-refractivity contribution in [3.63, 3.8) is 0 Å². The molecule has 0 amide bonds. The topological polar surface area (TPSA) is 29.5 Å². The first-order chi connectivity index (χ1) is 9.94. The van der Waals surface area contributed by atoms with Crippen LogP contribution in [-0.4, -0.2) is 11.2 Å². The lowest BCUT2D eigenvalue weighted by Crippen LogP contribution is -2.42. The van der Waals surface area contributed by atoms with E-state index in [9.17, 15) is 13.9 Å². The molecule has 1 N–H and O–H groups in total. The summed E-state index contributed by atoms with van der Waals surface area (Å²) in [5.74, 6) is -0.0122. The molecule has 2 nitrogen and oxygen atoms in total. The summed E-state index contributed by atoms with van der Waals surface area (Å²) in [7, 11) is 0. The molecule has 0 spiro atoms. The minimum Gasteiger partial charge on any atom is -0.429 e. The summed E-state index contributed by atoms with van der Waals surface area (Å²) in [5, 5.41) is 10.4. The number of hydrogen-bond donors (Lipinski definition) is 1. The highest BCUT2D eigenvalue weighted by Gasteiger charge is 2.61. The minimum atomic E-state index is -3.71. The molecule has 0 fully saturated rings. The molecule has 0 radical (unpaired) electrons. The van der Waals surface area contributed by atoms with Gasteiger partial charge in [-0.05, 0) is 23.8 Å². The van der Waals surface area contributed by atoms with Gasteiger partial charge >= 0.3 is 6.11 Å². The highest BCUT2D eigenvalue weighted by molar-refractivity contribution is 9.10. The van der Waals surface area contributed by atoms with E-state index in [0.717, 1.165) is 10.5 Å². The first-order valence-corrected chi connectivity index (χ1v) is 7.06. The third kappa shape index (κ3) is 2.26. The highest BCUT2D eigenvalue weighted by atomic mass is 79.9. The third-order valence-corrected chi connectivity index (χ3v) is 4.11. The summed E-state index contributed by atoms with van der Waals surface area (Å²) in [6.45, 7) is 0. The summed E-state index contributed by atoms with van der Waals surface area (Å²) in [6, 6.07) is 13.2. The van der Waals surface area contributed by atoms with Gasteiger partial charge in [0.2, 0.25) is 5.60 Å². The van der Waals surface area contributed by atoms with Crippen molar-refractivity contribution in [2.24, 2.45) is 0 Å². The van der Waals surface area contributed by atoms with E-state index in [1.165, 1.54) is 18.2 Å². The summed E-state index contributed by atoms with van der Waals surface area (Å²) in [4.78, 5) is 0. The number of fused-ring (bicyclic) bond motifs is 1. The van der Waals surface area contributed by atoms with Crippen LogP contribution in [0, 0.1) is 0 Å². The summed E-state index contributed by atoms with van der Waals surface area (Å²) in [5.41, 5.74) is -1.75. The molecule has 0 bridgehead atoms. The fourth-order valence-corrected chi connectivity index (χ4v) is 2.67. The highest BCUT2D eigenvalue weighted by Crippen LogP contribution is 2.50. The molecule has 3 rings (SSSR count). The largest absolute Gasteiger partial charge is 0.435 e. The van der Waals surface area contributed by atoms with Gasteiger partial charge in [0, 0.05) is 10.0 Å². The Bertz CT molecular complexity index is 715. The molecular weight excluding hydrogens is 342 g/mol. The Hall–Kier alpha value is -1.72. The normalized spacial score (nSPS) is 23.0. The van der Waals surface area contributed by atoms with E-state index in [2.05, 4.69) is 20.7 Å². The second-order valence-corrected chi connectivity index (χ2v) is 5.59. The van der Waals surface area contributed by atoms with E-state index in [4.69, 9.17) is 0 Å². The Balaban J connectivity index is 2.06. The van der Waals surface area contributed by atoms with Crippen molar-refractivity contribution in [1.82, 2.24) is 0 Å². The standard InChI is InChI=1S/C16H11BrF2O2/c17-13-7-3-1-5-11(13)9-10-15(20)12-6-2-4-8-14(12)21-16(15,18)19/h1-10,20H. The third-order valence-electron chi connectivity index (χ3n) is 3.39. The van der Waals surface area contributed by atoms with Crippen LogP contribution in [0.3, 0.4) is 0 Å². The number of ether oxygens (including phenoxy) is 1. The van der Waals surface area contributed by atoms with Crippen molar-refractivity contribution in [1.29, 1.82) is 0 Å². The van der Waals surface area contributed by atoms with Gasteiger partial charge in [-0.15, -0.1) is 0 Å². The summed E-state index contributed by atoms with van der Waals surface area (Å²) in [6.07, 6.45) is -1.20. The van der Waals surface area contributed by atoms with Crippen LogP contribution in [0.2, 0.25) is 0 Å². The van der Waals surface area contributed by atoms with Crippen LogP contribution in [-0.2, 0) is 5.60 Å². The van der Waals surface area contributed by atoms with Gasteiger partial charge in [-0.1, -0.05) is 58.4 Å². The zero-order valence-electron chi connectivity index (χ0n) is 10.8. The molecule has 1 aliphatic rings. The predicted octanol–water partition coefficient (Wildman–Crippen LogP) is 4.34. The maximum Gasteiger partial charge on any atom is 0.435 e. The molecule has 21 heavy (non-hydrogen) atoms. The van der Waals surface area contributed by atoms with E-state index in [-0.39, 0.29) is 11.3 Å². The summed E-state index contributed by atoms with van der Waals surface area (Å²) < 4.78 is 33.4. The second kappa shape index (κ2) is 4.93. The lowest BCUT2D eigenvalue weighted by Gasteiger charge is -2.24. The lowest BCUT2D eigenvalue weighted by molar-refractivity contribution is -0.257. The number of para-hydroxylation sites is 1. The molecule has 1 unspecified atom stereocenters. The maximum atomic E-state index is 14.1. The van der Waals surface area contributed by atoms with Crippen LogP contribution < -0.4 is 4.74 Å². The van der Waals surface area contributed by atoms with Gasteiger partial charge in [0.25, 0.3) is 0 Å². The van der Waals surface area contributed by atoms with Gasteiger partial charge in [0.05, 0.1) is 0 Å². The number of rotatable bonds is 2. The quantitative estimate of drug-likeness (QED) is 0.871. The van der Waals surface area contributed by atoms with Crippen LogP contribution in [0.4, 0.5) is 8.78 Å². The average molecular weight is 353 g/mol. The molecular formula is C16H11BrF2O2. The van der Waals surface area contributed by atoms with Gasteiger partial charge < -0.3 is 9.84 Å². The molecule has 5 heteroatoms. The van der Waals surface area contributed by atoms with Crippen molar-refractivity contribution < 1.29 is 18.6 Å². The Morgan fingerprint density at radius 1 is 1.05 bits per heavy atom. The Kier molecular flexibility index (Phi) is 3.34. The van der Waals surface area contributed by atoms with Gasteiger partial charge in [0.1, 0.15) is 5.75 Å². The SMILES string of the molecule is OC1(C=Cc2ccccc2Br)c2ccccc2OC1(F)F. The van der Waals surface area contributed by atoms with Crippen molar-refractivity contribution in [3.8, 4) is 5.75 Å². The molecule has 1 aliphatic heterocycles. The van der Waals surface area contributed by atoms with Gasteiger partial charge in [-0.3, -0.25) is 0 Å². The number of aliphatic hydroxyl groups is 1. The van der Waals surface area contributed by atoms with E-state index >= 15 is 0 Å². The first kappa shape index (κ1) is 14.2. The second-order valence-electron chi connectivity index (χ2n) is 4.74. The maximum absolute atomic E-state index is 14.1. The van der Waals surface area contributed by atoms with Gasteiger partial charge in [-0.2, -0.15) is 8.78 Å². The molecule has 0 saturated heterocycles. The molecule has 1 heterocycles. The van der Waals surface area contributed by atoms with Gasteiger partial charge in [-0.25, -0.2) is 0 Å². The zero-order chi connectivity index (χ0) is 15.1. The predicted molar refractivity (Wildman–Crippen MR) is 79.1 cm³/mol. The fraction of sp³-hybridized carbons (Fsp3) is 0.125.